The number of halogens is 4. The van der Waals surface area contributed by atoms with Gasteiger partial charge in [-0.05, 0) is 18.2 Å². The van der Waals surface area contributed by atoms with Crippen LogP contribution in [0, 0.1) is 0 Å². The van der Waals surface area contributed by atoms with Gasteiger partial charge in [0.15, 0.2) is 11.6 Å². The van der Waals surface area contributed by atoms with Crippen molar-refractivity contribution in [1.82, 2.24) is 0 Å². The summed E-state index contributed by atoms with van der Waals surface area (Å²) >= 11 is 24.5. The Hall–Kier alpha value is -2.57. The van der Waals surface area contributed by atoms with Crippen LogP contribution in [0.2, 0.25) is 20.1 Å². The highest BCUT2D eigenvalue weighted by Crippen LogP contribution is 2.45. The molecule has 0 saturated carbocycles. The Bertz CT molecular complexity index is 1290. The quantitative estimate of drug-likeness (QED) is 0.349. The minimum Gasteiger partial charge on any atom is -0.397 e. The third-order valence-electron chi connectivity index (χ3n) is 4.70. The van der Waals surface area contributed by atoms with Crippen LogP contribution in [0.1, 0.15) is 42.2 Å². The molecule has 5 nitrogen and oxygen atoms in total. The van der Waals surface area contributed by atoms with Crippen LogP contribution < -0.4 is 11.1 Å². The number of fused-ring (bicyclic) bond motifs is 2. The van der Waals surface area contributed by atoms with Crippen LogP contribution in [0.3, 0.4) is 0 Å². The Labute approximate surface area is 190 Å². The van der Waals surface area contributed by atoms with E-state index in [4.69, 9.17) is 52.1 Å². The molecule has 0 heterocycles. The number of carbonyl (C=O) groups excluding carboxylic acids is 3. The van der Waals surface area contributed by atoms with E-state index >= 15 is 0 Å². The Balaban J connectivity index is 1.92. The van der Waals surface area contributed by atoms with Gasteiger partial charge in [-0.25, -0.2) is 0 Å². The predicted molar refractivity (Wildman–Crippen MR) is 119 cm³/mol. The number of hydrogen-bond acceptors (Lipinski definition) is 4. The van der Waals surface area contributed by atoms with Crippen molar-refractivity contribution in [3.05, 3.63) is 90.4 Å². The summed E-state index contributed by atoms with van der Waals surface area (Å²) in [6.07, 6.45) is 0. The van der Waals surface area contributed by atoms with Crippen molar-refractivity contribution in [3.8, 4) is 0 Å². The molecule has 0 atom stereocenters. The molecule has 4 rings (SSSR count). The molecule has 1 amide bonds. The zero-order chi connectivity index (χ0) is 21.7. The molecule has 3 aromatic carbocycles. The minimum absolute atomic E-state index is 0.0915. The zero-order valence-electron chi connectivity index (χ0n) is 14.9. The van der Waals surface area contributed by atoms with Gasteiger partial charge < -0.3 is 11.1 Å². The van der Waals surface area contributed by atoms with Crippen LogP contribution >= 0.6 is 46.4 Å². The number of hydrogen-bond donors (Lipinski definition) is 2. The average molecular weight is 480 g/mol. The van der Waals surface area contributed by atoms with Crippen molar-refractivity contribution in [2.75, 3.05) is 11.1 Å². The second-order valence-electron chi connectivity index (χ2n) is 6.45. The molecule has 1 aliphatic carbocycles. The molecule has 0 unspecified atom stereocenters. The van der Waals surface area contributed by atoms with Crippen molar-refractivity contribution < 1.29 is 14.4 Å². The van der Waals surface area contributed by atoms with Gasteiger partial charge >= 0.3 is 0 Å². The molecular weight excluding hydrogens is 470 g/mol. The summed E-state index contributed by atoms with van der Waals surface area (Å²) in [6, 6.07) is 10.6. The third-order valence-corrected chi connectivity index (χ3v) is 6.12. The lowest BCUT2D eigenvalue weighted by atomic mass is 9.82. The SMILES string of the molecule is Nc1c(Cl)c(Cl)c(NC(=O)c2ccc(Cl)cc2Cl)c2c1C(=O)c1ccccc1C2=O. The average Bonchev–Trinajstić information content (AvgIpc) is 2.72. The van der Waals surface area contributed by atoms with Gasteiger partial charge in [-0.2, -0.15) is 0 Å². The molecule has 0 aliphatic heterocycles. The summed E-state index contributed by atoms with van der Waals surface area (Å²) < 4.78 is 0. The molecular formula is C21H10Cl4N2O3. The Morgan fingerprint density at radius 3 is 2.03 bits per heavy atom. The zero-order valence-corrected chi connectivity index (χ0v) is 17.9. The molecule has 0 radical (unpaired) electrons. The predicted octanol–water partition coefficient (Wildman–Crippen LogP) is 5.91. The second kappa shape index (κ2) is 7.60. The van der Waals surface area contributed by atoms with Gasteiger partial charge in [0.25, 0.3) is 5.91 Å². The second-order valence-corrected chi connectivity index (χ2v) is 8.05. The molecule has 9 heteroatoms. The van der Waals surface area contributed by atoms with Gasteiger partial charge in [-0.15, -0.1) is 0 Å². The van der Waals surface area contributed by atoms with Crippen LogP contribution in [0.4, 0.5) is 11.4 Å². The molecule has 0 saturated heterocycles. The number of nitrogen functional groups attached to an aromatic ring is 1. The van der Waals surface area contributed by atoms with Crippen molar-refractivity contribution in [2.45, 2.75) is 0 Å². The first-order valence-corrected chi connectivity index (χ1v) is 9.98. The largest absolute Gasteiger partial charge is 0.397 e. The number of amides is 1. The Kier molecular flexibility index (Phi) is 5.24. The third kappa shape index (κ3) is 3.15. The topological polar surface area (TPSA) is 89.3 Å². The van der Waals surface area contributed by atoms with E-state index in [0.29, 0.717) is 5.02 Å². The van der Waals surface area contributed by atoms with E-state index in [0.717, 1.165) is 0 Å². The fourth-order valence-corrected chi connectivity index (χ4v) is 4.22. The lowest BCUT2D eigenvalue weighted by Gasteiger charge is -2.24. The van der Waals surface area contributed by atoms with E-state index in [1.165, 1.54) is 30.3 Å². The smallest absolute Gasteiger partial charge is 0.257 e. The van der Waals surface area contributed by atoms with Gasteiger partial charge in [-0.1, -0.05) is 70.7 Å². The fraction of sp³-hybridized carbons (Fsp3) is 0. The molecule has 3 N–H and O–H groups in total. The van der Waals surface area contributed by atoms with Gasteiger partial charge in [0.1, 0.15) is 0 Å². The van der Waals surface area contributed by atoms with E-state index in [9.17, 15) is 14.4 Å². The van der Waals surface area contributed by atoms with Crippen LogP contribution in [-0.2, 0) is 0 Å². The molecule has 3 aromatic rings. The van der Waals surface area contributed by atoms with E-state index in [1.807, 2.05) is 0 Å². The summed E-state index contributed by atoms with van der Waals surface area (Å²) in [4.78, 5) is 39.1. The van der Waals surface area contributed by atoms with E-state index in [1.54, 1.807) is 12.1 Å². The summed E-state index contributed by atoms with van der Waals surface area (Å²) in [5, 5.41) is 2.69. The Morgan fingerprint density at radius 2 is 1.43 bits per heavy atom. The molecule has 1 aliphatic rings. The lowest BCUT2D eigenvalue weighted by molar-refractivity contribution is 0.0979. The summed E-state index contributed by atoms with van der Waals surface area (Å²) in [7, 11) is 0. The van der Waals surface area contributed by atoms with Crippen molar-refractivity contribution in [3.63, 3.8) is 0 Å². The van der Waals surface area contributed by atoms with Crippen LogP contribution in [0.5, 0.6) is 0 Å². The Morgan fingerprint density at radius 1 is 0.833 bits per heavy atom. The van der Waals surface area contributed by atoms with Gasteiger partial charge in [0.2, 0.25) is 0 Å². The molecule has 0 fully saturated rings. The summed E-state index contributed by atoms with van der Waals surface area (Å²) in [5.74, 6) is -1.67. The first kappa shape index (κ1) is 20.7. The summed E-state index contributed by atoms with van der Waals surface area (Å²) in [6.45, 7) is 0. The van der Waals surface area contributed by atoms with Gasteiger partial charge in [0, 0.05) is 16.1 Å². The number of rotatable bonds is 2. The van der Waals surface area contributed by atoms with Crippen LogP contribution in [-0.4, -0.2) is 17.5 Å². The van der Waals surface area contributed by atoms with Crippen LogP contribution in [0.25, 0.3) is 0 Å². The standard InChI is InChI=1S/C21H10Cl4N2O3/c22-8-5-6-11(12(23)7-8)21(30)27-18-14-13(17(26)15(24)16(18)25)19(28)9-3-1-2-4-10(9)20(14)29/h1-7H,26H2,(H,27,30). The van der Waals surface area contributed by atoms with Crippen molar-refractivity contribution in [2.24, 2.45) is 0 Å². The number of carbonyl (C=O) groups is 3. The van der Waals surface area contributed by atoms with Crippen molar-refractivity contribution in [1.29, 1.82) is 0 Å². The fourth-order valence-electron chi connectivity index (χ4n) is 3.29. The highest BCUT2D eigenvalue weighted by Gasteiger charge is 2.36. The lowest BCUT2D eigenvalue weighted by Crippen LogP contribution is -2.26. The maximum atomic E-state index is 13.2. The number of anilines is 2. The maximum Gasteiger partial charge on any atom is 0.257 e. The normalized spacial score (nSPS) is 12.4. The number of benzene rings is 3. The number of nitrogens with two attached hydrogens (primary N) is 1. The first-order valence-electron chi connectivity index (χ1n) is 8.47. The summed E-state index contributed by atoms with van der Waals surface area (Å²) in [5.41, 5.74) is 6.01. The van der Waals surface area contributed by atoms with Crippen molar-refractivity contribution >= 4 is 75.3 Å². The van der Waals surface area contributed by atoms with E-state index < -0.39 is 17.5 Å². The van der Waals surface area contributed by atoms with E-state index in [2.05, 4.69) is 5.32 Å². The maximum absolute atomic E-state index is 13.2. The number of ketones is 2. The number of nitrogens with one attached hydrogen (secondary N) is 1. The molecule has 0 spiro atoms. The highest BCUT2D eigenvalue weighted by atomic mass is 35.5. The van der Waals surface area contributed by atoms with Gasteiger partial charge in [-0.3, -0.25) is 14.4 Å². The monoisotopic (exact) mass is 478 g/mol. The van der Waals surface area contributed by atoms with E-state index in [-0.39, 0.29) is 54.3 Å². The highest BCUT2D eigenvalue weighted by molar-refractivity contribution is 6.48. The first-order chi connectivity index (χ1) is 14.2. The molecule has 150 valence electrons. The minimum atomic E-state index is -0.666. The molecule has 30 heavy (non-hydrogen) atoms. The molecule has 0 bridgehead atoms. The molecule has 0 aromatic heterocycles. The van der Waals surface area contributed by atoms with Gasteiger partial charge in [0.05, 0.1) is 43.1 Å². The van der Waals surface area contributed by atoms with Crippen LogP contribution in [0.15, 0.2) is 42.5 Å².